The summed E-state index contributed by atoms with van der Waals surface area (Å²) in [5.74, 6) is 0. The van der Waals surface area contributed by atoms with Crippen LogP contribution in [-0.4, -0.2) is 13.4 Å². The Morgan fingerprint density at radius 2 is 1.65 bits per heavy atom. The van der Waals surface area contributed by atoms with Gasteiger partial charge in [0.2, 0.25) is 0 Å². The molecule has 17 heavy (non-hydrogen) atoms. The molecule has 0 aliphatic heterocycles. The maximum Gasteiger partial charge on any atom is 0.199 e. The molecule has 0 fully saturated rings. The van der Waals surface area contributed by atoms with Crippen molar-refractivity contribution >= 4 is 15.9 Å². The van der Waals surface area contributed by atoms with Crippen molar-refractivity contribution in [3.8, 4) is 0 Å². The summed E-state index contributed by atoms with van der Waals surface area (Å²) in [6.07, 6.45) is 3.11. The average Bonchev–Trinajstić information content (AvgIpc) is 2.39. The number of aromatic nitrogens is 1. The summed E-state index contributed by atoms with van der Waals surface area (Å²) in [5, 5.41) is 1.17. The highest BCUT2D eigenvalue weighted by Gasteiger charge is 2.08. The van der Waals surface area contributed by atoms with Crippen LogP contribution in [0, 0.1) is 0 Å². The lowest BCUT2D eigenvalue weighted by molar-refractivity contribution is 0.605. The van der Waals surface area contributed by atoms with Crippen molar-refractivity contribution in [2.45, 2.75) is 4.90 Å². The van der Waals surface area contributed by atoms with Crippen LogP contribution in [-0.2, 0) is 9.84 Å². The van der Waals surface area contributed by atoms with Gasteiger partial charge in [0.1, 0.15) is 0 Å². The van der Waals surface area contributed by atoms with Gasteiger partial charge in [-0.05, 0) is 30.3 Å². The lowest BCUT2D eigenvalue weighted by atomic mass is 10.3. The zero-order chi connectivity index (χ0) is 12.1. The van der Waals surface area contributed by atoms with Gasteiger partial charge >= 0.3 is 0 Å². The molecule has 1 heterocycles. The molecule has 1 aromatic carbocycles. The fourth-order valence-electron chi connectivity index (χ4n) is 1.32. The molecule has 0 amide bonds. The van der Waals surface area contributed by atoms with Crippen LogP contribution in [0.4, 0.5) is 0 Å². The van der Waals surface area contributed by atoms with Gasteiger partial charge in [-0.3, -0.25) is 4.98 Å². The normalized spacial score (nSPS) is 11.8. The maximum absolute atomic E-state index is 11.9. The summed E-state index contributed by atoms with van der Waals surface area (Å²) < 4.78 is 23.8. The summed E-state index contributed by atoms with van der Waals surface area (Å²) in [4.78, 5) is 4.31. The van der Waals surface area contributed by atoms with E-state index < -0.39 is 9.84 Å². The molecule has 2 rings (SSSR count). The molecule has 4 heteroatoms. The highest BCUT2D eigenvalue weighted by Crippen LogP contribution is 2.12. The van der Waals surface area contributed by atoms with E-state index in [4.69, 9.17) is 0 Å². The van der Waals surface area contributed by atoms with E-state index in [-0.39, 0.29) is 4.90 Å². The predicted octanol–water partition coefficient (Wildman–Crippen LogP) is 2.53. The molecule has 0 bridgehead atoms. The molecule has 0 aliphatic rings. The zero-order valence-electron chi connectivity index (χ0n) is 9.02. The molecule has 0 spiro atoms. The minimum atomic E-state index is -3.38. The molecule has 0 unspecified atom stereocenters. The quantitative estimate of drug-likeness (QED) is 0.834. The Morgan fingerprint density at radius 3 is 2.29 bits per heavy atom. The molecular weight excluding hydrogens is 234 g/mol. The van der Waals surface area contributed by atoms with E-state index in [1.54, 1.807) is 48.7 Å². The Balaban J connectivity index is 2.28. The molecule has 0 saturated heterocycles. The van der Waals surface area contributed by atoms with Gasteiger partial charge in [0.15, 0.2) is 9.84 Å². The second-order valence-corrected chi connectivity index (χ2v) is 5.25. The summed E-state index contributed by atoms with van der Waals surface area (Å²) in [6, 6.07) is 13.6. The zero-order valence-corrected chi connectivity index (χ0v) is 9.84. The van der Waals surface area contributed by atoms with Gasteiger partial charge in [0.05, 0.1) is 10.6 Å². The highest BCUT2D eigenvalue weighted by atomic mass is 32.2. The standard InChI is InChI=1S/C13H11NO2S/c15-17(16,13-7-2-1-3-8-13)11-9-12-6-4-5-10-14-12/h1-11H/b11-9+. The fourth-order valence-corrected chi connectivity index (χ4v) is 2.33. The van der Waals surface area contributed by atoms with Crippen molar-refractivity contribution in [1.29, 1.82) is 0 Å². The van der Waals surface area contributed by atoms with Gasteiger partial charge in [-0.15, -0.1) is 0 Å². The SMILES string of the molecule is O=S(=O)(/C=C/c1ccccn1)c1ccccc1. The summed E-state index contributed by atoms with van der Waals surface area (Å²) in [6.45, 7) is 0. The van der Waals surface area contributed by atoms with Crippen LogP contribution in [0.3, 0.4) is 0 Å². The smallest absolute Gasteiger partial charge is 0.199 e. The van der Waals surface area contributed by atoms with Crippen molar-refractivity contribution in [3.63, 3.8) is 0 Å². The molecular formula is C13H11NO2S. The minimum Gasteiger partial charge on any atom is -0.257 e. The van der Waals surface area contributed by atoms with Crippen LogP contribution in [0.5, 0.6) is 0 Å². The molecule has 0 radical (unpaired) electrons. The maximum atomic E-state index is 11.9. The van der Waals surface area contributed by atoms with Gasteiger partial charge in [-0.2, -0.15) is 0 Å². The molecule has 0 atom stereocenters. The first-order valence-corrected chi connectivity index (χ1v) is 6.62. The van der Waals surface area contributed by atoms with E-state index in [2.05, 4.69) is 4.98 Å². The van der Waals surface area contributed by atoms with E-state index in [0.29, 0.717) is 5.69 Å². The monoisotopic (exact) mass is 245 g/mol. The van der Waals surface area contributed by atoms with Gasteiger partial charge in [0, 0.05) is 11.6 Å². The lowest BCUT2D eigenvalue weighted by Gasteiger charge is -1.97. The molecule has 2 aromatic rings. The second-order valence-electron chi connectivity index (χ2n) is 3.42. The third-order valence-corrected chi connectivity index (χ3v) is 3.60. The van der Waals surface area contributed by atoms with Crippen LogP contribution in [0.25, 0.3) is 6.08 Å². The fraction of sp³-hybridized carbons (Fsp3) is 0. The number of hydrogen-bond acceptors (Lipinski definition) is 3. The van der Waals surface area contributed by atoms with Crippen LogP contribution in [0.15, 0.2) is 65.0 Å². The number of pyridine rings is 1. The Hall–Kier alpha value is -1.94. The third-order valence-electron chi connectivity index (χ3n) is 2.18. The van der Waals surface area contributed by atoms with Gasteiger partial charge in [-0.1, -0.05) is 24.3 Å². The Kier molecular flexibility index (Phi) is 3.35. The first-order valence-electron chi connectivity index (χ1n) is 5.08. The summed E-state index contributed by atoms with van der Waals surface area (Å²) in [5.41, 5.74) is 0.618. The van der Waals surface area contributed by atoms with E-state index in [9.17, 15) is 8.42 Å². The van der Waals surface area contributed by atoms with Gasteiger partial charge in [-0.25, -0.2) is 8.42 Å². The van der Waals surface area contributed by atoms with Crippen LogP contribution in [0.1, 0.15) is 5.69 Å². The van der Waals surface area contributed by atoms with Crippen molar-refractivity contribution in [3.05, 3.63) is 65.8 Å². The van der Waals surface area contributed by atoms with E-state index in [0.717, 1.165) is 0 Å². The molecule has 1 aromatic heterocycles. The van der Waals surface area contributed by atoms with Crippen LogP contribution in [0.2, 0.25) is 0 Å². The van der Waals surface area contributed by atoms with Gasteiger partial charge in [0.25, 0.3) is 0 Å². The van der Waals surface area contributed by atoms with Crippen molar-refractivity contribution in [2.75, 3.05) is 0 Å². The number of rotatable bonds is 3. The van der Waals surface area contributed by atoms with Crippen molar-refractivity contribution in [2.24, 2.45) is 0 Å². The van der Waals surface area contributed by atoms with Crippen LogP contribution < -0.4 is 0 Å². The topological polar surface area (TPSA) is 47.0 Å². The molecule has 3 nitrogen and oxygen atoms in total. The Morgan fingerprint density at radius 1 is 0.941 bits per heavy atom. The predicted molar refractivity (Wildman–Crippen MR) is 66.9 cm³/mol. The summed E-state index contributed by atoms with van der Waals surface area (Å²) in [7, 11) is -3.38. The van der Waals surface area contributed by atoms with Crippen molar-refractivity contribution < 1.29 is 8.42 Å². The lowest BCUT2D eigenvalue weighted by Crippen LogP contribution is -1.95. The minimum absolute atomic E-state index is 0.284. The third kappa shape index (κ3) is 3.01. The molecule has 0 N–H and O–H groups in total. The first kappa shape index (κ1) is 11.5. The highest BCUT2D eigenvalue weighted by molar-refractivity contribution is 7.94. The number of nitrogens with zero attached hydrogens (tertiary/aromatic N) is 1. The largest absolute Gasteiger partial charge is 0.257 e. The molecule has 86 valence electrons. The van der Waals surface area contributed by atoms with E-state index in [1.165, 1.54) is 11.5 Å². The average molecular weight is 245 g/mol. The molecule has 0 aliphatic carbocycles. The van der Waals surface area contributed by atoms with Gasteiger partial charge < -0.3 is 0 Å². The van der Waals surface area contributed by atoms with E-state index in [1.807, 2.05) is 6.07 Å². The second kappa shape index (κ2) is 4.93. The Bertz CT molecular complexity index is 604. The van der Waals surface area contributed by atoms with Crippen LogP contribution >= 0.6 is 0 Å². The summed E-state index contributed by atoms with van der Waals surface area (Å²) >= 11 is 0. The Labute approximate surface area is 100 Å². The number of hydrogen-bond donors (Lipinski definition) is 0. The number of sulfone groups is 1. The van der Waals surface area contributed by atoms with E-state index >= 15 is 0 Å². The molecule has 0 saturated carbocycles. The number of benzene rings is 1. The first-order chi connectivity index (χ1) is 8.18. The van der Waals surface area contributed by atoms with Crippen molar-refractivity contribution in [1.82, 2.24) is 4.98 Å².